The molecule has 0 atom stereocenters. The predicted octanol–water partition coefficient (Wildman–Crippen LogP) is 3.78. The third-order valence-electron chi connectivity index (χ3n) is 4.11. The van der Waals surface area contributed by atoms with E-state index in [-0.39, 0.29) is 18.3 Å². The van der Waals surface area contributed by atoms with Gasteiger partial charge in [-0.05, 0) is 39.7 Å². The van der Waals surface area contributed by atoms with Crippen LogP contribution in [0.1, 0.15) is 39.7 Å². The number of hydrogen-bond acceptors (Lipinski definition) is 3. The van der Waals surface area contributed by atoms with Crippen LogP contribution in [-0.4, -0.2) is 24.9 Å². The third kappa shape index (κ3) is 4.43. The van der Waals surface area contributed by atoms with Crippen LogP contribution in [-0.2, 0) is 20.7 Å². The maximum atomic E-state index is 5.89. The summed E-state index contributed by atoms with van der Waals surface area (Å²) in [5.74, 6) is 1.97. The normalized spacial score (nSPS) is 20.3. The summed E-state index contributed by atoms with van der Waals surface area (Å²) in [5, 5.41) is 0. The van der Waals surface area contributed by atoms with Gasteiger partial charge in [-0.2, -0.15) is 0 Å². The lowest BCUT2D eigenvalue weighted by molar-refractivity contribution is 0.00578. The molecule has 1 aliphatic rings. The topological polar surface area (TPSA) is 27.7 Å². The molecule has 114 valence electrons. The summed E-state index contributed by atoms with van der Waals surface area (Å²) in [6.07, 6.45) is 2.92. The fourth-order valence-corrected chi connectivity index (χ4v) is 2.09. The summed E-state index contributed by atoms with van der Waals surface area (Å²) >= 11 is 0. The number of hydrogen-bond donors (Lipinski definition) is 0. The van der Waals surface area contributed by atoms with Crippen molar-refractivity contribution >= 4 is 7.12 Å². The molecule has 0 amide bonds. The van der Waals surface area contributed by atoms with E-state index in [1.54, 1.807) is 0 Å². The molecule has 1 aliphatic heterocycles. The Morgan fingerprint density at radius 3 is 2.29 bits per heavy atom. The van der Waals surface area contributed by atoms with Crippen molar-refractivity contribution in [3.8, 4) is 0 Å². The molecule has 1 heterocycles. The zero-order chi connectivity index (χ0) is 15.3. The monoisotopic (exact) mass is 288 g/mol. The Bertz CT molecular complexity index is 452. The Morgan fingerprint density at radius 1 is 1.05 bits per heavy atom. The molecule has 0 radical (unpaired) electrons. The van der Waals surface area contributed by atoms with E-state index in [0.717, 1.165) is 6.42 Å². The second kappa shape index (κ2) is 6.78. The number of rotatable bonds is 6. The average molecular weight is 288 g/mol. The highest BCUT2D eigenvalue weighted by atomic mass is 16.7. The lowest BCUT2D eigenvalue weighted by Crippen LogP contribution is -2.41. The molecule has 1 aromatic rings. The van der Waals surface area contributed by atoms with Crippen LogP contribution in [0.3, 0.4) is 0 Å². The van der Waals surface area contributed by atoms with E-state index in [9.17, 15) is 0 Å². The molecule has 21 heavy (non-hydrogen) atoms. The molecular weight excluding hydrogens is 263 g/mol. The van der Waals surface area contributed by atoms with Gasteiger partial charge in [-0.1, -0.05) is 42.4 Å². The molecule has 0 bridgehead atoms. The first-order chi connectivity index (χ1) is 9.91. The summed E-state index contributed by atoms with van der Waals surface area (Å²) in [4.78, 5) is 0. The van der Waals surface area contributed by atoms with Crippen molar-refractivity contribution in [1.82, 2.24) is 0 Å². The van der Waals surface area contributed by atoms with E-state index in [1.165, 1.54) is 5.56 Å². The summed E-state index contributed by atoms with van der Waals surface area (Å²) in [7, 11) is -0.260. The van der Waals surface area contributed by atoms with Gasteiger partial charge in [0.15, 0.2) is 0 Å². The van der Waals surface area contributed by atoms with Crippen LogP contribution in [0.5, 0.6) is 0 Å². The summed E-state index contributed by atoms with van der Waals surface area (Å²) in [5.41, 5.74) is 0.657. The third-order valence-corrected chi connectivity index (χ3v) is 4.11. The van der Waals surface area contributed by atoms with Crippen LogP contribution in [0.15, 0.2) is 42.4 Å². The van der Waals surface area contributed by atoms with Crippen LogP contribution < -0.4 is 0 Å². The van der Waals surface area contributed by atoms with E-state index in [4.69, 9.17) is 14.0 Å². The van der Waals surface area contributed by atoms with Crippen LogP contribution in [0.25, 0.3) is 0 Å². The second-order valence-electron chi connectivity index (χ2n) is 6.38. The first-order valence-electron chi connectivity index (χ1n) is 7.55. The lowest BCUT2D eigenvalue weighted by Gasteiger charge is -2.32. The van der Waals surface area contributed by atoms with Gasteiger partial charge >= 0.3 is 7.12 Å². The summed E-state index contributed by atoms with van der Waals surface area (Å²) < 4.78 is 17.4. The molecule has 1 saturated heterocycles. The van der Waals surface area contributed by atoms with Crippen LogP contribution in [0.2, 0.25) is 0 Å². The summed E-state index contributed by atoms with van der Waals surface area (Å²) in [6, 6.07) is 10.2. The van der Waals surface area contributed by atoms with Gasteiger partial charge in [0.25, 0.3) is 0 Å². The molecule has 1 aromatic carbocycles. The van der Waals surface area contributed by atoms with E-state index >= 15 is 0 Å². The molecule has 0 saturated carbocycles. The van der Waals surface area contributed by atoms with Crippen molar-refractivity contribution in [2.75, 3.05) is 6.61 Å². The maximum Gasteiger partial charge on any atom is 0.486 e. The van der Waals surface area contributed by atoms with Gasteiger partial charge in [0.05, 0.1) is 24.4 Å². The van der Waals surface area contributed by atoms with Gasteiger partial charge in [0, 0.05) is 0 Å². The Kier molecular flexibility index (Phi) is 5.25. The SMILES string of the molecule is CC1(C)OB(/C=C/CCOCc2ccccc2)OC1(C)C. The highest BCUT2D eigenvalue weighted by molar-refractivity contribution is 6.51. The Balaban J connectivity index is 1.65. The van der Waals surface area contributed by atoms with Gasteiger partial charge in [-0.25, -0.2) is 0 Å². The quantitative estimate of drug-likeness (QED) is 0.589. The molecule has 0 aromatic heterocycles. The molecular formula is C17H25BO3. The lowest BCUT2D eigenvalue weighted by atomic mass is 9.90. The maximum absolute atomic E-state index is 5.89. The average Bonchev–Trinajstić information content (AvgIpc) is 2.63. The van der Waals surface area contributed by atoms with Crippen LogP contribution in [0, 0.1) is 0 Å². The van der Waals surface area contributed by atoms with Crippen molar-refractivity contribution < 1.29 is 14.0 Å². The van der Waals surface area contributed by atoms with Crippen molar-refractivity contribution in [3.63, 3.8) is 0 Å². The molecule has 0 N–H and O–H groups in total. The highest BCUT2D eigenvalue weighted by Crippen LogP contribution is 2.36. The largest absolute Gasteiger partial charge is 0.486 e. The van der Waals surface area contributed by atoms with E-state index < -0.39 is 0 Å². The molecule has 0 aliphatic carbocycles. The Morgan fingerprint density at radius 2 is 1.67 bits per heavy atom. The molecule has 2 rings (SSSR count). The minimum atomic E-state index is -0.272. The molecule has 0 unspecified atom stereocenters. The van der Waals surface area contributed by atoms with E-state index in [1.807, 2.05) is 24.2 Å². The van der Waals surface area contributed by atoms with Crippen molar-refractivity contribution in [1.29, 1.82) is 0 Å². The fraction of sp³-hybridized carbons (Fsp3) is 0.529. The van der Waals surface area contributed by atoms with Gasteiger partial charge < -0.3 is 14.0 Å². The van der Waals surface area contributed by atoms with Crippen molar-refractivity contribution in [2.24, 2.45) is 0 Å². The van der Waals surface area contributed by atoms with Crippen LogP contribution in [0.4, 0.5) is 0 Å². The van der Waals surface area contributed by atoms with Crippen LogP contribution >= 0.6 is 0 Å². The smallest absolute Gasteiger partial charge is 0.400 e. The number of ether oxygens (including phenoxy) is 1. The highest BCUT2D eigenvalue weighted by Gasteiger charge is 2.49. The molecule has 0 spiro atoms. The van der Waals surface area contributed by atoms with Gasteiger partial charge in [0.2, 0.25) is 0 Å². The minimum Gasteiger partial charge on any atom is -0.400 e. The Labute approximate surface area is 128 Å². The zero-order valence-electron chi connectivity index (χ0n) is 13.5. The number of benzene rings is 1. The van der Waals surface area contributed by atoms with Gasteiger partial charge in [-0.3, -0.25) is 0 Å². The first kappa shape index (κ1) is 16.3. The zero-order valence-corrected chi connectivity index (χ0v) is 13.5. The molecule has 3 nitrogen and oxygen atoms in total. The fourth-order valence-electron chi connectivity index (χ4n) is 2.09. The van der Waals surface area contributed by atoms with Crippen molar-refractivity contribution in [2.45, 2.75) is 51.9 Å². The van der Waals surface area contributed by atoms with Crippen molar-refractivity contribution in [3.05, 3.63) is 47.9 Å². The molecule has 1 fully saturated rings. The van der Waals surface area contributed by atoms with E-state index in [2.05, 4.69) is 45.9 Å². The van der Waals surface area contributed by atoms with E-state index in [0.29, 0.717) is 13.2 Å². The first-order valence-corrected chi connectivity index (χ1v) is 7.55. The standard InChI is InChI=1S/C17H25BO3/c1-16(2)17(3,4)21-18(20-16)12-8-9-13-19-14-15-10-6-5-7-11-15/h5-8,10-12H,9,13-14H2,1-4H3/b12-8+. The predicted molar refractivity (Wildman–Crippen MR) is 85.9 cm³/mol. The minimum absolute atomic E-state index is 0.260. The second-order valence-corrected chi connectivity index (χ2v) is 6.38. The Hall–Kier alpha value is -1.10. The molecule has 4 heteroatoms. The van der Waals surface area contributed by atoms with Gasteiger partial charge in [-0.15, -0.1) is 0 Å². The summed E-state index contributed by atoms with van der Waals surface area (Å²) in [6.45, 7) is 9.59. The van der Waals surface area contributed by atoms with Gasteiger partial charge in [0.1, 0.15) is 0 Å².